The van der Waals surface area contributed by atoms with Gasteiger partial charge in [-0.05, 0) is 26.8 Å². The van der Waals surface area contributed by atoms with Crippen LogP contribution in [-0.2, 0) is 6.54 Å². The van der Waals surface area contributed by atoms with E-state index in [1.54, 1.807) is 13.3 Å². The van der Waals surface area contributed by atoms with Gasteiger partial charge in [0.1, 0.15) is 5.75 Å². The van der Waals surface area contributed by atoms with Crippen LogP contribution in [-0.4, -0.2) is 24.8 Å². The molecule has 0 aliphatic heterocycles. The Balaban J connectivity index is 2.46. The summed E-state index contributed by atoms with van der Waals surface area (Å²) in [4.78, 5) is 4.27. The molecule has 1 aromatic heterocycles. The fourth-order valence-electron chi connectivity index (χ4n) is 1.87. The highest BCUT2D eigenvalue weighted by atomic mass is 19.4. The van der Waals surface area contributed by atoms with Gasteiger partial charge in [-0.1, -0.05) is 0 Å². The number of nitrogens with one attached hydrogen (secondary N) is 1. The predicted octanol–water partition coefficient (Wildman–Crippen LogP) is 3.14. The summed E-state index contributed by atoms with van der Waals surface area (Å²) in [7, 11) is 1.59. The molecule has 0 fully saturated rings. The van der Waals surface area contributed by atoms with Gasteiger partial charge in [0, 0.05) is 30.3 Å². The molecular formula is C13H19F3N2O. The van der Waals surface area contributed by atoms with Gasteiger partial charge in [0.2, 0.25) is 0 Å². The number of halogens is 3. The van der Waals surface area contributed by atoms with Crippen LogP contribution in [0, 0.1) is 13.8 Å². The van der Waals surface area contributed by atoms with Crippen LogP contribution < -0.4 is 10.1 Å². The van der Waals surface area contributed by atoms with E-state index in [1.165, 1.54) is 0 Å². The van der Waals surface area contributed by atoms with Gasteiger partial charge in [-0.15, -0.1) is 0 Å². The summed E-state index contributed by atoms with van der Waals surface area (Å²) in [5, 5.41) is 2.97. The fraction of sp³-hybridized carbons (Fsp3) is 0.615. The molecule has 0 saturated heterocycles. The lowest BCUT2D eigenvalue weighted by Crippen LogP contribution is -2.19. The zero-order valence-electron chi connectivity index (χ0n) is 11.4. The minimum absolute atomic E-state index is 0.0749. The summed E-state index contributed by atoms with van der Waals surface area (Å²) in [6.45, 7) is 4.56. The number of aromatic nitrogens is 1. The lowest BCUT2D eigenvalue weighted by Gasteiger charge is -2.13. The summed E-state index contributed by atoms with van der Waals surface area (Å²) in [6.07, 6.45) is -3.06. The Hall–Kier alpha value is -1.30. The van der Waals surface area contributed by atoms with Gasteiger partial charge in [0.05, 0.1) is 12.8 Å². The molecular weight excluding hydrogens is 257 g/mol. The van der Waals surface area contributed by atoms with Crippen LogP contribution in [0.25, 0.3) is 0 Å². The standard InChI is InChI=1S/C13H19F3N2O/c1-9-7-18-11(10(2)12(9)19-3)8-17-6-4-5-13(14,15)16/h7,17H,4-6,8H2,1-3H3. The molecule has 0 aromatic carbocycles. The Morgan fingerprint density at radius 1 is 1.32 bits per heavy atom. The Morgan fingerprint density at radius 2 is 2.00 bits per heavy atom. The molecule has 0 unspecified atom stereocenters. The van der Waals surface area contributed by atoms with Gasteiger partial charge < -0.3 is 10.1 Å². The Kier molecular flexibility index (Phi) is 5.60. The van der Waals surface area contributed by atoms with Crippen molar-refractivity contribution in [3.05, 3.63) is 23.0 Å². The summed E-state index contributed by atoms with van der Waals surface area (Å²) < 4.78 is 41.1. The zero-order chi connectivity index (χ0) is 14.5. The maximum atomic E-state index is 12.0. The first-order valence-electron chi connectivity index (χ1n) is 6.11. The maximum Gasteiger partial charge on any atom is 0.389 e. The SMILES string of the molecule is COc1c(C)cnc(CNCCCC(F)(F)F)c1C. The molecule has 19 heavy (non-hydrogen) atoms. The number of hydrogen-bond acceptors (Lipinski definition) is 3. The third kappa shape index (κ3) is 5.06. The molecule has 6 heteroatoms. The van der Waals surface area contributed by atoms with Gasteiger partial charge in [0.25, 0.3) is 0 Å². The molecule has 0 aliphatic carbocycles. The third-order valence-corrected chi connectivity index (χ3v) is 2.86. The van der Waals surface area contributed by atoms with Gasteiger partial charge in [0.15, 0.2) is 0 Å². The normalized spacial score (nSPS) is 11.7. The Morgan fingerprint density at radius 3 is 2.58 bits per heavy atom. The van der Waals surface area contributed by atoms with E-state index in [0.717, 1.165) is 22.6 Å². The molecule has 0 amide bonds. The average molecular weight is 276 g/mol. The van der Waals surface area contributed by atoms with Crippen LogP contribution in [0.3, 0.4) is 0 Å². The van der Waals surface area contributed by atoms with Crippen molar-refractivity contribution in [2.75, 3.05) is 13.7 Å². The summed E-state index contributed by atoms with van der Waals surface area (Å²) >= 11 is 0. The minimum atomic E-state index is -4.08. The molecule has 0 radical (unpaired) electrons. The number of pyridine rings is 1. The second kappa shape index (κ2) is 6.75. The van der Waals surface area contributed by atoms with Gasteiger partial charge >= 0.3 is 6.18 Å². The Labute approximate surface area is 111 Å². The van der Waals surface area contributed by atoms with Crippen LogP contribution in [0.1, 0.15) is 29.7 Å². The first-order valence-corrected chi connectivity index (χ1v) is 6.11. The molecule has 0 saturated carbocycles. The van der Waals surface area contributed by atoms with E-state index in [4.69, 9.17) is 4.74 Å². The van der Waals surface area contributed by atoms with Crippen molar-refractivity contribution in [3.8, 4) is 5.75 Å². The molecule has 3 nitrogen and oxygen atoms in total. The molecule has 0 spiro atoms. The van der Waals surface area contributed by atoms with E-state index in [2.05, 4.69) is 10.3 Å². The monoisotopic (exact) mass is 276 g/mol. The van der Waals surface area contributed by atoms with E-state index in [-0.39, 0.29) is 6.42 Å². The van der Waals surface area contributed by atoms with Crippen molar-refractivity contribution >= 4 is 0 Å². The zero-order valence-corrected chi connectivity index (χ0v) is 11.4. The molecule has 0 atom stereocenters. The van der Waals surface area contributed by atoms with Crippen molar-refractivity contribution in [2.45, 2.75) is 39.4 Å². The maximum absolute atomic E-state index is 12.0. The highest BCUT2D eigenvalue weighted by Crippen LogP contribution is 2.24. The van der Waals surface area contributed by atoms with Crippen molar-refractivity contribution in [3.63, 3.8) is 0 Å². The first kappa shape index (κ1) is 15.8. The van der Waals surface area contributed by atoms with Gasteiger partial charge in [-0.25, -0.2) is 0 Å². The highest BCUT2D eigenvalue weighted by molar-refractivity contribution is 5.40. The molecule has 0 aliphatic rings. The lowest BCUT2D eigenvalue weighted by molar-refractivity contribution is -0.135. The van der Waals surface area contributed by atoms with E-state index in [1.807, 2.05) is 13.8 Å². The number of ether oxygens (including phenoxy) is 1. The van der Waals surface area contributed by atoms with Crippen molar-refractivity contribution in [1.82, 2.24) is 10.3 Å². The topological polar surface area (TPSA) is 34.1 Å². The van der Waals surface area contributed by atoms with E-state index < -0.39 is 12.6 Å². The Bertz CT molecular complexity index is 419. The van der Waals surface area contributed by atoms with Crippen molar-refractivity contribution < 1.29 is 17.9 Å². The fourth-order valence-corrected chi connectivity index (χ4v) is 1.87. The minimum Gasteiger partial charge on any atom is -0.496 e. The predicted molar refractivity (Wildman–Crippen MR) is 67.3 cm³/mol. The number of methoxy groups -OCH3 is 1. The molecule has 1 heterocycles. The number of aryl methyl sites for hydroxylation is 1. The number of hydrogen-bond donors (Lipinski definition) is 1. The molecule has 1 aromatic rings. The number of nitrogens with zero attached hydrogens (tertiary/aromatic N) is 1. The average Bonchev–Trinajstić information content (AvgIpc) is 2.30. The van der Waals surface area contributed by atoms with Crippen molar-refractivity contribution in [1.29, 1.82) is 0 Å². The van der Waals surface area contributed by atoms with E-state index in [0.29, 0.717) is 13.1 Å². The third-order valence-electron chi connectivity index (χ3n) is 2.86. The lowest BCUT2D eigenvalue weighted by atomic mass is 10.1. The first-order chi connectivity index (χ1) is 8.85. The molecule has 108 valence electrons. The quantitative estimate of drug-likeness (QED) is 0.810. The second-order valence-corrected chi connectivity index (χ2v) is 4.44. The highest BCUT2D eigenvalue weighted by Gasteiger charge is 2.25. The van der Waals surface area contributed by atoms with Crippen LogP contribution >= 0.6 is 0 Å². The molecule has 1 rings (SSSR count). The van der Waals surface area contributed by atoms with Gasteiger partial charge in [-0.2, -0.15) is 13.2 Å². The van der Waals surface area contributed by atoms with E-state index in [9.17, 15) is 13.2 Å². The summed E-state index contributed by atoms with van der Waals surface area (Å²) in [6, 6.07) is 0. The molecule has 1 N–H and O–H groups in total. The van der Waals surface area contributed by atoms with Crippen LogP contribution in [0.15, 0.2) is 6.20 Å². The van der Waals surface area contributed by atoms with E-state index >= 15 is 0 Å². The van der Waals surface area contributed by atoms with Crippen LogP contribution in [0.4, 0.5) is 13.2 Å². The smallest absolute Gasteiger partial charge is 0.389 e. The van der Waals surface area contributed by atoms with Crippen molar-refractivity contribution in [2.24, 2.45) is 0 Å². The van der Waals surface area contributed by atoms with Crippen LogP contribution in [0.2, 0.25) is 0 Å². The number of alkyl halides is 3. The summed E-state index contributed by atoms with van der Waals surface area (Å²) in [5.74, 6) is 0.780. The summed E-state index contributed by atoms with van der Waals surface area (Å²) in [5.41, 5.74) is 2.67. The second-order valence-electron chi connectivity index (χ2n) is 4.44. The number of rotatable bonds is 6. The van der Waals surface area contributed by atoms with Gasteiger partial charge in [-0.3, -0.25) is 4.98 Å². The largest absolute Gasteiger partial charge is 0.496 e. The van der Waals surface area contributed by atoms with Crippen LogP contribution in [0.5, 0.6) is 5.75 Å². The molecule has 0 bridgehead atoms.